The number of amides is 3. The number of fused-ring (bicyclic) bond motifs is 5. The molecule has 2 bridgehead atoms. The summed E-state index contributed by atoms with van der Waals surface area (Å²) >= 11 is 3.64. The van der Waals surface area contributed by atoms with Crippen molar-refractivity contribution in [3.05, 3.63) is 12.2 Å². The summed E-state index contributed by atoms with van der Waals surface area (Å²) in [6, 6.07) is 0. The van der Waals surface area contributed by atoms with E-state index >= 15 is 0 Å². The number of hydrogen-bond donors (Lipinski definition) is 2. The Morgan fingerprint density at radius 3 is 2.33 bits per heavy atom. The Kier molecular flexibility index (Phi) is 2.69. The van der Waals surface area contributed by atoms with Gasteiger partial charge in [-0.3, -0.25) is 19.3 Å². The lowest BCUT2D eigenvalue weighted by Gasteiger charge is -2.16. The number of carbonyl (C=O) groups is 3. The van der Waals surface area contributed by atoms with Gasteiger partial charge in [-0.1, -0.05) is 25.0 Å². The predicted molar refractivity (Wildman–Crippen MR) is 66.2 cm³/mol. The van der Waals surface area contributed by atoms with Crippen LogP contribution in [-0.2, 0) is 14.4 Å². The number of nitrogens with one attached hydrogen (secondary N) is 1. The quantitative estimate of drug-likeness (QED) is 0.434. The van der Waals surface area contributed by atoms with E-state index in [1.165, 1.54) is 4.90 Å². The van der Waals surface area contributed by atoms with E-state index in [-0.39, 0.29) is 54.4 Å². The molecular weight excluding hydrogens is 252 g/mol. The maximum Gasteiger partial charge on any atom is 0.233 e. The molecule has 4 unspecified atom stereocenters. The first-order chi connectivity index (χ1) is 8.63. The molecule has 0 radical (unpaired) electrons. The Labute approximate surface area is 110 Å². The molecule has 3 rings (SSSR count). The van der Waals surface area contributed by atoms with Crippen LogP contribution in [0, 0.1) is 23.7 Å². The molecule has 4 atom stereocenters. The number of rotatable bonds is 3. The number of imide groups is 1. The van der Waals surface area contributed by atoms with Crippen molar-refractivity contribution in [2.24, 2.45) is 23.7 Å². The van der Waals surface area contributed by atoms with Gasteiger partial charge in [0.1, 0.15) is 0 Å². The largest absolute Gasteiger partial charge is 0.303 e. The van der Waals surface area contributed by atoms with Crippen LogP contribution in [0.1, 0.15) is 12.8 Å². The highest BCUT2D eigenvalue weighted by molar-refractivity contribution is 7.78. The lowest BCUT2D eigenvalue weighted by Crippen LogP contribution is -2.35. The second-order valence-corrected chi connectivity index (χ2v) is 5.34. The minimum Gasteiger partial charge on any atom is -0.303 e. The van der Waals surface area contributed by atoms with Crippen LogP contribution in [0.4, 0.5) is 0 Å². The summed E-state index contributed by atoms with van der Waals surface area (Å²) in [6.45, 7) is 0.163. The lowest BCUT2D eigenvalue weighted by atomic mass is 9.85. The highest BCUT2D eigenvalue weighted by Gasteiger charge is 2.58. The van der Waals surface area contributed by atoms with Gasteiger partial charge in [0.2, 0.25) is 17.7 Å². The normalized spacial score (nSPS) is 36.4. The van der Waals surface area contributed by atoms with Crippen LogP contribution in [0.5, 0.6) is 0 Å². The molecule has 0 aromatic heterocycles. The fourth-order valence-electron chi connectivity index (χ4n) is 3.45. The standard InChI is InChI=1S/C12H14N2O3S/c15-8(13-18)3-4-14-11(16)9-6-1-2-7(5-6)10(9)12(14)17/h1-2,6-7,9-10,18H,3-5H2,(H,13,15). The Hall–Kier alpha value is -1.30. The molecule has 3 amide bonds. The van der Waals surface area contributed by atoms with Gasteiger partial charge >= 0.3 is 0 Å². The number of thiol groups is 1. The van der Waals surface area contributed by atoms with Gasteiger partial charge in [0.25, 0.3) is 0 Å². The lowest BCUT2D eigenvalue weighted by molar-refractivity contribution is -0.140. The summed E-state index contributed by atoms with van der Waals surface area (Å²) in [6.07, 6.45) is 5.16. The van der Waals surface area contributed by atoms with Crippen LogP contribution in [-0.4, -0.2) is 29.2 Å². The highest BCUT2D eigenvalue weighted by atomic mass is 32.1. The molecule has 6 heteroatoms. The van der Waals surface area contributed by atoms with Crippen LogP contribution in [0.2, 0.25) is 0 Å². The molecule has 0 aromatic rings. The Morgan fingerprint density at radius 1 is 1.28 bits per heavy atom. The van der Waals surface area contributed by atoms with Crippen LogP contribution in [0.3, 0.4) is 0 Å². The molecule has 3 aliphatic rings. The Balaban J connectivity index is 1.74. The number of allylic oxidation sites excluding steroid dienone is 2. The summed E-state index contributed by atoms with van der Waals surface area (Å²) in [4.78, 5) is 36.8. The molecule has 0 spiro atoms. The second kappa shape index (κ2) is 4.12. The average molecular weight is 266 g/mol. The number of carbonyl (C=O) groups excluding carboxylic acids is 3. The second-order valence-electron chi connectivity index (χ2n) is 5.11. The number of likely N-dealkylation sites (tertiary alicyclic amines) is 1. The van der Waals surface area contributed by atoms with E-state index in [4.69, 9.17) is 0 Å². The zero-order valence-corrected chi connectivity index (χ0v) is 10.6. The van der Waals surface area contributed by atoms with Gasteiger partial charge in [0, 0.05) is 13.0 Å². The maximum atomic E-state index is 12.2. The van der Waals surface area contributed by atoms with Crippen molar-refractivity contribution < 1.29 is 14.4 Å². The van der Waals surface area contributed by atoms with Crippen LogP contribution in [0.25, 0.3) is 0 Å². The van der Waals surface area contributed by atoms with Crippen molar-refractivity contribution in [2.45, 2.75) is 12.8 Å². The number of nitrogens with zero attached hydrogens (tertiary/aromatic N) is 1. The van der Waals surface area contributed by atoms with E-state index in [1.807, 2.05) is 0 Å². The first-order valence-electron chi connectivity index (χ1n) is 6.10. The molecule has 96 valence electrons. The molecule has 2 aliphatic carbocycles. The van der Waals surface area contributed by atoms with Crippen molar-refractivity contribution in [1.29, 1.82) is 0 Å². The van der Waals surface area contributed by atoms with E-state index < -0.39 is 0 Å². The average Bonchev–Trinajstić information content (AvgIpc) is 3.02. The van der Waals surface area contributed by atoms with Gasteiger partial charge in [-0.05, 0) is 18.3 Å². The smallest absolute Gasteiger partial charge is 0.233 e. The van der Waals surface area contributed by atoms with E-state index in [1.54, 1.807) is 0 Å². The van der Waals surface area contributed by atoms with Crippen molar-refractivity contribution in [1.82, 2.24) is 9.62 Å². The van der Waals surface area contributed by atoms with Gasteiger partial charge in [0.15, 0.2) is 0 Å². The zero-order valence-electron chi connectivity index (χ0n) is 9.70. The van der Waals surface area contributed by atoms with Crippen molar-refractivity contribution in [2.75, 3.05) is 6.54 Å². The minimum atomic E-state index is -0.280. The van der Waals surface area contributed by atoms with Crippen LogP contribution < -0.4 is 4.72 Å². The van der Waals surface area contributed by atoms with Gasteiger partial charge in [-0.2, -0.15) is 0 Å². The Morgan fingerprint density at radius 2 is 1.83 bits per heavy atom. The monoisotopic (exact) mass is 266 g/mol. The molecule has 5 nitrogen and oxygen atoms in total. The molecule has 1 saturated heterocycles. The van der Waals surface area contributed by atoms with Crippen molar-refractivity contribution in [3.8, 4) is 0 Å². The zero-order chi connectivity index (χ0) is 12.9. The molecule has 1 N–H and O–H groups in total. The van der Waals surface area contributed by atoms with Gasteiger partial charge in [-0.15, -0.1) is 0 Å². The van der Waals surface area contributed by atoms with Gasteiger partial charge in [0.05, 0.1) is 11.8 Å². The molecule has 0 aromatic carbocycles. The summed E-state index contributed by atoms with van der Waals surface area (Å²) in [7, 11) is 0. The molecular formula is C12H14N2O3S. The van der Waals surface area contributed by atoms with Gasteiger partial charge in [-0.25, -0.2) is 0 Å². The van der Waals surface area contributed by atoms with Crippen LogP contribution >= 0.6 is 12.8 Å². The first kappa shape index (κ1) is 11.8. The predicted octanol–water partition coefficient (Wildman–Crippen LogP) is 0.145. The molecule has 18 heavy (non-hydrogen) atoms. The van der Waals surface area contributed by atoms with E-state index in [9.17, 15) is 14.4 Å². The topological polar surface area (TPSA) is 66.5 Å². The first-order valence-corrected chi connectivity index (χ1v) is 6.54. The molecule has 2 fully saturated rings. The van der Waals surface area contributed by atoms with E-state index in [2.05, 4.69) is 29.7 Å². The maximum absolute atomic E-state index is 12.2. The van der Waals surface area contributed by atoms with E-state index in [0.29, 0.717) is 0 Å². The SMILES string of the molecule is O=C(CCN1C(=O)C2C3C=CC(C3)C2C1=O)NS. The van der Waals surface area contributed by atoms with Gasteiger partial charge < -0.3 is 4.72 Å². The summed E-state index contributed by atoms with van der Waals surface area (Å²) in [5.74, 6) is -0.391. The summed E-state index contributed by atoms with van der Waals surface area (Å²) in [5, 5.41) is 0. The fourth-order valence-corrected chi connectivity index (χ4v) is 3.57. The summed E-state index contributed by atoms with van der Waals surface area (Å²) < 4.78 is 2.19. The third kappa shape index (κ3) is 1.51. The molecule has 1 aliphatic heterocycles. The van der Waals surface area contributed by atoms with Crippen LogP contribution in [0.15, 0.2) is 12.2 Å². The minimum absolute atomic E-state index is 0.103. The molecule has 1 saturated carbocycles. The van der Waals surface area contributed by atoms with Crippen molar-refractivity contribution in [3.63, 3.8) is 0 Å². The van der Waals surface area contributed by atoms with E-state index in [0.717, 1.165) is 6.42 Å². The van der Waals surface area contributed by atoms with Crippen molar-refractivity contribution >= 4 is 30.5 Å². The number of hydrogen-bond acceptors (Lipinski definition) is 4. The Bertz CT molecular complexity index is 432. The third-order valence-corrected chi connectivity index (χ3v) is 4.50. The third-order valence-electron chi connectivity index (χ3n) is 4.25. The molecule has 1 heterocycles. The fraction of sp³-hybridized carbons (Fsp3) is 0.583. The highest BCUT2D eigenvalue weighted by Crippen LogP contribution is 2.52. The summed E-state index contributed by atoms with van der Waals surface area (Å²) in [5.41, 5.74) is 0.